The molecular formula is C20H28IN5O2. The van der Waals surface area contributed by atoms with E-state index in [0.717, 1.165) is 11.3 Å². The first-order chi connectivity index (χ1) is 12.9. The van der Waals surface area contributed by atoms with Crippen molar-refractivity contribution in [1.29, 1.82) is 0 Å². The van der Waals surface area contributed by atoms with Crippen LogP contribution < -0.4 is 20.7 Å². The molecule has 0 aliphatic heterocycles. The van der Waals surface area contributed by atoms with Gasteiger partial charge in [0.25, 0.3) is 0 Å². The maximum Gasteiger partial charge on any atom is 0.243 e. The summed E-state index contributed by atoms with van der Waals surface area (Å²) in [4.78, 5) is 20.1. The molecule has 0 bridgehead atoms. The number of guanidine groups is 1. The highest BCUT2D eigenvalue weighted by Gasteiger charge is 2.14. The number of para-hydroxylation sites is 1. The maximum atomic E-state index is 12.0. The highest BCUT2D eigenvalue weighted by molar-refractivity contribution is 14.0. The van der Waals surface area contributed by atoms with Crippen LogP contribution in [-0.2, 0) is 11.3 Å². The molecule has 8 heteroatoms. The fraction of sp³-hybridized carbons (Fsp3) is 0.350. The van der Waals surface area contributed by atoms with Gasteiger partial charge in [0.2, 0.25) is 5.91 Å². The average molecular weight is 497 g/mol. The largest absolute Gasteiger partial charge is 0.488 e. The van der Waals surface area contributed by atoms with Crippen LogP contribution in [0.2, 0.25) is 0 Å². The molecule has 0 aliphatic rings. The summed E-state index contributed by atoms with van der Waals surface area (Å²) in [6.07, 6.45) is 3.25. The highest BCUT2D eigenvalue weighted by Crippen LogP contribution is 2.22. The first kappa shape index (κ1) is 23.7. The Hall–Kier alpha value is -2.36. The van der Waals surface area contributed by atoms with Gasteiger partial charge in [0.15, 0.2) is 5.96 Å². The van der Waals surface area contributed by atoms with Gasteiger partial charge in [0, 0.05) is 25.4 Å². The van der Waals surface area contributed by atoms with Gasteiger partial charge in [0.1, 0.15) is 11.4 Å². The lowest BCUT2D eigenvalue weighted by Crippen LogP contribution is -2.41. The summed E-state index contributed by atoms with van der Waals surface area (Å²) in [5.74, 6) is 1.17. The number of anilines is 1. The quantitative estimate of drug-likeness (QED) is 0.324. The van der Waals surface area contributed by atoms with Crippen molar-refractivity contribution in [2.45, 2.75) is 32.9 Å². The molecular weight excluding hydrogens is 469 g/mol. The summed E-state index contributed by atoms with van der Waals surface area (Å²) < 4.78 is 5.99. The molecule has 0 saturated carbocycles. The van der Waals surface area contributed by atoms with Gasteiger partial charge < -0.3 is 20.7 Å². The Morgan fingerprint density at radius 2 is 1.89 bits per heavy atom. The second kappa shape index (κ2) is 11.5. The molecule has 0 atom stereocenters. The summed E-state index contributed by atoms with van der Waals surface area (Å²) in [6.45, 7) is 6.65. The topological polar surface area (TPSA) is 87.6 Å². The number of amides is 1. The van der Waals surface area contributed by atoms with Gasteiger partial charge in [-0.15, -0.1) is 24.0 Å². The first-order valence-electron chi connectivity index (χ1n) is 8.79. The number of hydrogen-bond donors (Lipinski definition) is 3. The Morgan fingerprint density at radius 3 is 2.54 bits per heavy atom. The molecule has 2 aromatic rings. The van der Waals surface area contributed by atoms with Crippen LogP contribution in [0.15, 0.2) is 53.8 Å². The average Bonchev–Trinajstić information content (AvgIpc) is 2.62. The van der Waals surface area contributed by atoms with E-state index in [4.69, 9.17) is 4.74 Å². The van der Waals surface area contributed by atoms with Crippen molar-refractivity contribution in [2.24, 2.45) is 4.99 Å². The van der Waals surface area contributed by atoms with E-state index >= 15 is 0 Å². The minimum absolute atomic E-state index is 0. The number of benzene rings is 1. The minimum Gasteiger partial charge on any atom is -0.488 e. The molecule has 3 N–H and O–H groups in total. The van der Waals surface area contributed by atoms with Crippen molar-refractivity contribution in [3.05, 3.63) is 54.4 Å². The van der Waals surface area contributed by atoms with Crippen LogP contribution in [0.1, 0.15) is 26.3 Å². The van der Waals surface area contributed by atoms with E-state index in [0.29, 0.717) is 18.2 Å². The minimum atomic E-state index is -0.277. The van der Waals surface area contributed by atoms with Crippen LogP contribution in [0.3, 0.4) is 0 Å². The number of hydrogen-bond acceptors (Lipinski definition) is 4. The number of rotatable bonds is 6. The number of ether oxygens (including phenoxy) is 1. The van der Waals surface area contributed by atoms with Crippen molar-refractivity contribution in [1.82, 2.24) is 15.6 Å². The number of aromatic nitrogens is 1. The van der Waals surface area contributed by atoms with Crippen molar-refractivity contribution < 1.29 is 9.53 Å². The molecule has 2 rings (SSSR count). The van der Waals surface area contributed by atoms with Crippen LogP contribution >= 0.6 is 24.0 Å². The Labute approximate surface area is 183 Å². The van der Waals surface area contributed by atoms with Crippen LogP contribution in [0.25, 0.3) is 0 Å². The third-order valence-corrected chi connectivity index (χ3v) is 3.42. The van der Waals surface area contributed by atoms with E-state index < -0.39 is 0 Å². The molecule has 152 valence electrons. The summed E-state index contributed by atoms with van der Waals surface area (Å²) in [5, 5.41) is 8.95. The van der Waals surface area contributed by atoms with Crippen LogP contribution in [-0.4, -0.2) is 36.0 Å². The Balaban J connectivity index is 0.00000392. The normalized spacial score (nSPS) is 11.2. The maximum absolute atomic E-state index is 12.0. The van der Waals surface area contributed by atoms with E-state index in [-0.39, 0.29) is 42.0 Å². The van der Waals surface area contributed by atoms with Crippen molar-refractivity contribution in [3.63, 3.8) is 0 Å². The summed E-state index contributed by atoms with van der Waals surface area (Å²) in [7, 11) is 1.66. The van der Waals surface area contributed by atoms with Crippen molar-refractivity contribution >= 4 is 41.5 Å². The van der Waals surface area contributed by atoms with E-state index in [1.54, 1.807) is 31.6 Å². The van der Waals surface area contributed by atoms with Crippen LogP contribution in [0.4, 0.5) is 5.69 Å². The fourth-order valence-corrected chi connectivity index (χ4v) is 2.28. The molecule has 1 heterocycles. The molecule has 0 aliphatic carbocycles. The van der Waals surface area contributed by atoms with Gasteiger partial charge in [-0.3, -0.25) is 14.8 Å². The molecule has 0 spiro atoms. The molecule has 7 nitrogen and oxygen atoms in total. The lowest BCUT2D eigenvalue weighted by molar-refractivity contribution is -0.115. The van der Waals surface area contributed by atoms with E-state index in [9.17, 15) is 4.79 Å². The number of carbonyl (C=O) groups is 1. The van der Waals surface area contributed by atoms with Gasteiger partial charge >= 0.3 is 0 Å². The number of nitrogens with one attached hydrogen (secondary N) is 3. The number of pyridine rings is 1. The smallest absolute Gasteiger partial charge is 0.243 e. The van der Waals surface area contributed by atoms with E-state index in [2.05, 4.69) is 25.9 Å². The SMILES string of the molecule is CN=C(NCC(=O)Nc1cccnc1)NCc1ccccc1OC(C)(C)C.I. The number of halogens is 1. The lowest BCUT2D eigenvalue weighted by atomic mass is 10.1. The molecule has 1 amide bonds. The zero-order valence-corrected chi connectivity index (χ0v) is 19.0. The van der Waals surface area contributed by atoms with Gasteiger partial charge in [-0.1, -0.05) is 18.2 Å². The number of nitrogens with zero attached hydrogens (tertiary/aromatic N) is 2. The van der Waals surface area contributed by atoms with Gasteiger partial charge in [0.05, 0.1) is 18.4 Å². The third-order valence-electron chi connectivity index (χ3n) is 3.42. The fourth-order valence-electron chi connectivity index (χ4n) is 2.28. The Morgan fingerprint density at radius 1 is 1.14 bits per heavy atom. The van der Waals surface area contributed by atoms with Gasteiger partial charge in [-0.2, -0.15) is 0 Å². The predicted octanol–water partition coefficient (Wildman–Crippen LogP) is 3.18. The summed E-state index contributed by atoms with van der Waals surface area (Å²) >= 11 is 0. The molecule has 28 heavy (non-hydrogen) atoms. The molecule has 1 aromatic heterocycles. The van der Waals surface area contributed by atoms with E-state index in [1.165, 1.54) is 0 Å². The number of aliphatic imine (C=N–C) groups is 1. The molecule has 0 radical (unpaired) electrons. The van der Waals surface area contributed by atoms with Crippen molar-refractivity contribution in [3.8, 4) is 5.75 Å². The summed E-state index contributed by atoms with van der Waals surface area (Å²) in [6, 6.07) is 11.4. The molecule has 0 fully saturated rings. The van der Waals surface area contributed by atoms with Crippen molar-refractivity contribution in [2.75, 3.05) is 18.9 Å². The van der Waals surface area contributed by atoms with Gasteiger partial charge in [-0.25, -0.2) is 0 Å². The van der Waals surface area contributed by atoms with E-state index in [1.807, 2.05) is 45.0 Å². The Kier molecular flexibility index (Phi) is 9.70. The second-order valence-electron chi connectivity index (χ2n) is 6.89. The monoisotopic (exact) mass is 497 g/mol. The zero-order valence-electron chi connectivity index (χ0n) is 16.7. The molecule has 1 aromatic carbocycles. The zero-order chi connectivity index (χ0) is 19.7. The molecule has 0 unspecified atom stereocenters. The number of carbonyl (C=O) groups excluding carboxylic acids is 1. The standard InChI is InChI=1S/C20H27N5O2.HI/c1-20(2,3)27-17-10-6-5-8-15(17)12-23-19(21-4)24-14-18(26)25-16-9-7-11-22-13-16;/h5-11,13H,12,14H2,1-4H3,(H,25,26)(H2,21,23,24);1H. The van der Waals surface area contributed by atoms with Gasteiger partial charge in [-0.05, 0) is 39.0 Å². The lowest BCUT2D eigenvalue weighted by Gasteiger charge is -2.23. The first-order valence-corrected chi connectivity index (χ1v) is 8.79. The van der Waals surface area contributed by atoms with Crippen LogP contribution in [0.5, 0.6) is 5.75 Å². The van der Waals surface area contributed by atoms with Crippen LogP contribution in [0, 0.1) is 0 Å². The molecule has 0 saturated heterocycles. The summed E-state index contributed by atoms with van der Waals surface area (Å²) in [5.41, 5.74) is 1.39. The Bertz CT molecular complexity index is 776. The predicted molar refractivity (Wildman–Crippen MR) is 123 cm³/mol. The third kappa shape index (κ3) is 8.55. The highest BCUT2D eigenvalue weighted by atomic mass is 127. The second-order valence-corrected chi connectivity index (χ2v) is 6.89.